The Labute approximate surface area is 301 Å². The van der Waals surface area contributed by atoms with E-state index in [0.29, 0.717) is 36.8 Å². The number of hydrogen-bond acceptors (Lipinski definition) is 8. The normalized spacial score (nSPS) is 27.7. The topological polar surface area (TPSA) is 120 Å². The quantitative estimate of drug-likeness (QED) is 0.189. The number of nitrogens with one attached hydrogen (secondary N) is 1. The molecule has 51 heavy (non-hydrogen) atoms. The first-order chi connectivity index (χ1) is 24.7. The minimum atomic E-state index is -0.677. The van der Waals surface area contributed by atoms with Gasteiger partial charge in [-0.1, -0.05) is 25.5 Å². The summed E-state index contributed by atoms with van der Waals surface area (Å²) in [5, 5.41) is 28.9. The molecule has 4 heterocycles. The van der Waals surface area contributed by atoms with Gasteiger partial charge < -0.3 is 20.4 Å². The number of rotatable bonds is 12. The first kappa shape index (κ1) is 35.8. The molecular formula is C40H56FN7O3. The molecule has 0 spiro atoms. The van der Waals surface area contributed by atoms with Gasteiger partial charge in [0.2, 0.25) is 5.95 Å². The van der Waals surface area contributed by atoms with Crippen molar-refractivity contribution in [1.82, 2.24) is 24.6 Å². The minimum Gasteiger partial charge on any atom is -0.481 e. The Morgan fingerprint density at radius 3 is 2.51 bits per heavy atom. The lowest BCUT2D eigenvalue weighted by atomic mass is 9.77. The van der Waals surface area contributed by atoms with Gasteiger partial charge >= 0.3 is 5.97 Å². The van der Waals surface area contributed by atoms with Crippen molar-refractivity contribution >= 4 is 17.7 Å². The van der Waals surface area contributed by atoms with E-state index < -0.39 is 5.97 Å². The van der Waals surface area contributed by atoms with Crippen LogP contribution in [0.3, 0.4) is 0 Å². The van der Waals surface area contributed by atoms with Crippen molar-refractivity contribution in [2.75, 3.05) is 23.8 Å². The van der Waals surface area contributed by atoms with Gasteiger partial charge in [-0.15, -0.1) is 0 Å². The predicted molar refractivity (Wildman–Crippen MR) is 196 cm³/mol. The number of carbonyl (C=O) groups is 1. The van der Waals surface area contributed by atoms with E-state index in [1.54, 1.807) is 12.1 Å². The molecule has 4 aliphatic rings. The van der Waals surface area contributed by atoms with E-state index in [4.69, 9.17) is 9.97 Å². The Bertz CT molecular complexity index is 1640. The van der Waals surface area contributed by atoms with Crippen LogP contribution in [-0.4, -0.2) is 78.7 Å². The molecule has 2 aliphatic heterocycles. The number of piperidine rings is 2. The van der Waals surface area contributed by atoms with Crippen LogP contribution in [0.5, 0.6) is 0 Å². The molecule has 1 unspecified atom stereocenters. The number of aliphatic carboxylic acids is 1. The molecule has 2 saturated heterocycles. The maximum Gasteiger partial charge on any atom is 0.306 e. The van der Waals surface area contributed by atoms with Crippen molar-refractivity contribution in [2.24, 2.45) is 11.8 Å². The van der Waals surface area contributed by atoms with Gasteiger partial charge in [-0.2, -0.15) is 10.1 Å². The molecule has 1 aromatic carbocycles. The summed E-state index contributed by atoms with van der Waals surface area (Å²) in [5.41, 5.74) is 4.27. The number of hydrogen-bond donors (Lipinski definition) is 3. The number of aliphatic hydroxyl groups excluding tert-OH is 1. The Morgan fingerprint density at radius 2 is 1.84 bits per heavy atom. The van der Waals surface area contributed by atoms with E-state index in [0.717, 1.165) is 105 Å². The zero-order chi connectivity index (χ0) is 35.6. The number of nitrogens with zero attached hydrogens (tertiary/aromatic N) is 6. The van der Waals surface area contributed by atoms with Crippen LogP contribution < -0.4 is 10.2 Å². The lowest BCUT2D eigenvalue weighted by Crippen LogP contribution is -2.55. The smallest absolute Gasteiger partial charge is 0.306 e. The fourth-order valence-electron chi connectivity index (χ4n) is 9.83. The highest BCUT2D eigenvalue weighted by molar-refractivity contribution is 5.70. The van der Waals surface area contributed by atoms with E-state index in [1.165, 1.54) is 12.5 Å². The number of aliphatic hydroxyl groups is 1. The number of aryl methyl sites for hydroxylation is 2. The predicted octanol–water partition coefficient (Wildman–Crippen LogP) is 6.74. The van der Waals surface area contributed by atoms with Crippen molar-refractivity contribution in [3.8, 4) is 0 Å². The number of carboxylic acids is 1. The van der Waals surface area contributed by atoms with Crippen LogP contribution in [0, 0.1) is 17.7 Å². The maximum atomic E-state index is 14.4. The van der Waals surface area contributed by atoms with E-state index in [-0.39, 0.29) is 35.8 Å². The Balaban J connectivity index is 1.24. The molecule has 3 fully saturated rings. The monoisotopic (exact) mass is 701 g/mol. The SMILES string of the molecule is CC[C@H](C1CCC(C(=O)O)CC1)N(C)c1nc2c(c(N[C@@H](CN3[C@@H]4CCC[C@H]3CC(O)C4)c3cnn(CC)c3)n1)C[C@H](c1cccc(F)c1)CC2. The van der Waals surface area contributed by atoms with Gasteiger partial charge in [-0.25, -0.2) is 9.37 Å². The summed E-state index contributed by atoms with van der Waals surface area (Å²) in [6.07, 6.45) is 15.5. The molecular weight excluding hydrogens is 645 g/mol. The van der Waals surface area contributed by atoms with Crippen LogP contribution in [0.4, 0.5) is 16.2 Å². The van der Waals surface area contributed by atoms with E-state index in [9.17, 15) is 19.4 Å². The molecule has 7 rings (SSSR count). The summed E-state index contributed by atoms with van der Waals surface area (Å²) in [6, 6.07) is 7.85. The fourth-order valence-corrected chi connectivity index (χ4v) is 9.83. The number of benzene rings is 1. The van der Waals surface area contributed by atoms with Crippen LogP contribution >= 0.6 is 0 Å². The Morgan fingerprint density at radius 1 is 1.08 bits per heavy atom. The lowest BCUT2D eigenvalue weighted by molar-refractivity contribution is -0.143. The summed E-state index contributed by atoms with van der Waals surface area (Å²) < 4.78 is 16.4. The number of fused-ring (bicyclic) bond motifs is 3. The Hall–Kier alpha value is -3.57. The highest BCUT2D eigenvalue weighted by Crippen LogP contribution is 2.41. The molecule has 11 heteroatoms. The molecule has 0 radical (unpaired) electrons. The van der Waals surface area contributed by atoms with Gasteiger partial charge in [0.15, 0.2) is 0 Å². The van der Waals surface area contributed by atoms with Gasteiger partial charge in [-0.3, -0.25) is 14.4 Å². The molecule has 6 atom stereocenters. The van der Waals surface area contributed by atoms with Crippen LogP contribution in [0.2, 0.25) is 0 Å². The number of halogens is 1. The second kappa shape index (κ2) is 15.6. The largest absolute Gasteiger partial charge is 0.481 e. The first-order valence-corrected chi connectivity index (χ1v) is 19.5. The third kappa shape index (κ3) is 7.80. The molecule has 276 valence electrons. The van der Waals surface area contributed by atoms with E-state index >= 15 is 0 Å². The van der Waals surface area contributed by atoms with Crippen LogP contribution in [-0.2, 0) is 24.2 Å². The first-order valence-electron chi connectivity index (χ1n) is 19.5. The van der Waals surface area contributed by atoms with E-state index in [1.807, 2.05) is 16.9 Å². The lowest BCUT2D eigenvalue weighted by Gasteiger charge is -2.49. The summed E-state index contributed by atoms with van der Waals surface area (Å²) in [4.78, 5) is 27.2. The second-order valence-corrected chi connectivity index (χ2v) is 15.7. The van der Waals surface area contributed by atoms with Gasteiger partial charge in [0.05, 0.1) is 30.0 Å². The molecule has 2 bridgehead atoms. The zero-order valence-corrected chi connectivity index (χ0v) is 30.6. The molecule has 2 aliphatic carbocycles. The van der Waals surface area contributed by atoms with Gasteiger partial charge in [-0.05, 0) is 114 Å². The highest BCUT2D eigenvalue weighted by Gasteiger charge is 2.40. The average molecular weight is 702 g/mol. The van der Waals surface area contributed by atoms with Crippen LogP contribution in [0.1, 0.15) is 119 Å². The van der Waals surface area contributed by atoms with Crippen LogP contribution in [0.25, 0.3) is 0 Å². The summed E-state index contributed by atoms with van der Waals surface area (Å²) in [6.45, 7) is 5.88. The molecule has 3 N–H and O–H groups in total. The summed E-state index contributed by atoms with van der Waals surface area (Å²) >= 11 is 0. The molecule has 1 saturated carbocycles. The van der Waals surface area contributed by atoms with E-state index in [2.05, 4.69) is 47.3 Å². The van der Waals surface area contributed by atoms with Gasteiger partial charge in [0.25, 0.3) is 0 Å². The van der Waals surface area contributed by atoms with Crippen molar-refractivity contribution in [1.29, 1.82) is 0 Å². The van der Waals surface area contributed by atoms with Gasteiger partial charge in [0, 0.05) is 55.6 Å². The molecule has 3 aromatic rings. The molecule has 10 nitrogen and oxygen atoms in total. The third-order valence-electron chi connectivity index (χ3n) is 12.7. The third-order valence-corrected chi connectivity index (χ3v) is 12.7. The average Bonchev–Trinajstić information content (AvgIpc) is 3.61. The van der Waals surface area contributed by atoms with Crippen molar-refractivity contribution < 1.29 is 19.4 Å². The summed E-state index contributed by atoms with van der Waals surface area (Å²) in [5.74, 6) is 0.949. The Kier molecular flexibility index (Phi) is 10.9. The number of aromatic nitrogens is 4. The van der Waals surface area contributed by atoms with Gasteiger partial charge in [0.1, 0.15) is 11.6 Å². The zero-order valence-electron chi connectivity index (χ0n) is 30.6. The maximum absolute atomic E-state index is 14.4. The van der Waals surface area contributed by atoms with Crippen LogP contribution in [0.15, 0.2) is 36.7 Å². The van der Waals surface area contributed by atoms with Crippen molar-refractivity contribution in [2.45, 2.75) is 140 Å². The number of carboxylic acid groups (broad SMARTS) is 1. The number of anilines is 2. The molecule has 2 aromatic heterocycles. The minimum absolute atomic E-state index is 0.0800. The van der Waals surface area contributed by atoms with Crippen molar-refractivity contribution in [3.63, 3.8) is 0 Å². The second-order valence-electron chi connectivity index (χ2n) is 15.7. The summed E-state index contributed by atoms with van der Waals surface area (Å²) in [7, 11) is 2.10. The van der Waals surface area contributed by atoms with Crippen molar-refractivity contribution in [3.05, 3.63) is 64.9 Å². The fraction of sp³-hybridized carbons (Fsp3) is 0.650. The molecule has 0 amide bonds. The highest BCUT2D eigenvalue weighted by atomic mass is 19.1. The standard InChI is InChI=1S/C40H56FN7O3/c1-4-37(25-12-14-26(15-13-25)39(50)51)46(3)40-44-35-17-16-28(27-8-6-9-30(41)18-27)19-34(35)38(45-40)43-36(29-22-42-47(5-2)23-29)24-48-31-10-7-11-32(48)21-33(49)20-31/h6,8-9,18,22-23,25-26,28,31-33,36-37,49H,4-5,7,10-17,19-21,24H2,1-3H3,(H,50,51)(H,43,44,45)/t25?,26?,28-,31-,32+,33?,36+,37-/m1/s1.